The van der Waals surface area contributed by atoms with Crippen LogP contribution in [0.25, 0.3) is 11.1 Å². The molecule has 130 valence electrons. The maximum atomic E-state index is 12.3. The van der Waals surface area contributed by atoms with Gasteiger partial charge in [0.2, 0.25) is 0 Å². The van der Waals surface area contributed by atoms with E-state index in [1.165, 1.54) is 12.1 Å². The second kappa shape index (κ2) is 6.02. The van der Waals surface area contributed by atoms with Crippen LogP contribution >= 0.6 is 0 Å². The van der Waals surface area contributed by atoms with Crippen molar-refractivity contribution >= 4 is 11.4 Å². The van der Waals surface area contributed by atoms with E-state index < -0.39 is 24.2 Å². The number of hydrogen-bond acceptors (Lipinski definition) is 4. The number of halogens is 6. The molecule has 0 saturated heterocycles. The van der Waals surface area contributed by atoms with Crippen LogP contribution in [0.5, 0.6) is 11.5 Å². The van der Waals surface area contributed by atoms with Gasteiger partial charge in [0.05, 0.1) is 11.4 Å². The van der Waals surface area contributed by atoms with Crippen LogP contribution in [-0.2, 0) is 0 Å². The first-order valence-corrected chi connectivity index (χ1v) is 6.25. The molecule has 0 heterocycles. The number of rotatable bonds is 3. The van der Waals surface area contributed by atoms with Crippen molar-refractivity contribution in [1.82, 2.24) is 0 Å². The number of ether oxygens (including phenoxy) is 2. The molecule has 0 aromatic heterocycles. The summed E-state index contributed by atoms with van der Waals surface area (Å²) >= 11 is 0. The topological polar surface area (TPSA) is 70.5 Å². The van der Waals surface area contributed by atoms with Crippen LogP contribution in [0.1, 0.15) is 0 Å². The maximum Gasteiger partial charge on any atom is 0.573 e. The molecular weight excluding hydrogens is 342 g/mol. The number of hydrogen-bond donors (Lipinski definition) is 2. The second-order valence-corrected chi connectivity index (χ2v) is 4.60. The summed E-state index contributed by atoms with van der Waals surface area (Å²) in [5.41, 5.74) is 10.5. The van der Waals surface area contributed by atoms with Gasteiger partial charge in [-0.15, -0.1) is 26.3 Å². The van der Waals surface area contributed by atoms with E-state index >= 15 is 0 Å². The van der Waals surface area contributed by atoms with Crippen LogP contribution in [0.2, 0.25) is 0 Å². The zero-order chi connectivity index (χ0) is 18.1. The Bertz CT molecular complexity index is 680. The number of anilines is 2. The Hall–Kier alpha value is -2.78. The van der Waals surface area contributed by atoms with Gasteiger partial charge in [-0.3, -0.25) is 0 Å². The Kier molecular flexibility index (Phi) is 4.41. The van der Waals surface area contributed by atoms with Crippen LogP contribution in [0.4, 0.5) is 37.7 Å². The third-order valence-corrected chi connectivity index (χ3v) is 2.81. The number of nitrogens with two attached hydrogens (primary N) is 2. The fourth-order valence-electron chi connectivity index (χ4n) is 1.85. The van der Waals surface area contributed by atoms with E-state index in [4.69, 9.17) is 11.5 Å². The molecular formula is C14H10F6N2O2. The molecule has 0 spiro atoms. The standard InChI is InChI=1S/C14H10F6N2O2/c15-13(16,17)23-11-5-7(1-3-9(11)21)8-2-4-10(22)12(6-8)24-14(18,19)20/h1-6H,21-22H2. The molecule has 0 fully saturated rings. The monoisotopic (exact) mass is 352 g/mol. The molecule has 0 aliphatic carbocycles. The second-order valence-electron chi connectivity index (χ2n) is 4.60. The van der Waals surface area contributed by atoms with Gasteiger partial charge in [0.15, 0.2) is 11.5 Å². The Labute approximate surface area is 131 Å². The molecule has 4 N–H and O–H groups in total. The summed E-state index contributed by atoms with van der Waals surface area (Å²) in [6.07, 6.45) is -9.92. The van der Waals surface area contributed by atoms with Gasteiger partial charge in [-0.1, -0.05) is 12.1 Å². The Balaban J connectivity index is 2.42. The highest BCUT2D eigenvalue weighted by molar-refractivity contribution is 5.73. The van der Waals surface area contributed by atoms with Crippen molar-refractivity contribution in [3.63, 3.8) is 0 Å². The predicted molar refractivity (Wildman–Crippen MR) is 74.1 cm³/mol. The van der Waals surface area contributed by atoms with Gasteiger partial charge < -0.3 is 20.9 Å². The zero-order valence-corrected chi connectivity index (χ0v) is 11.7. The lowest BCUT2D eigenvalue weighted by Crippen LogP contribution is -2.18. The first-order valence-electron chi connectivity index (χ1n) is 6.25. The van der Waals surface area contributed by atoms with E-state index in [1.54, 1.807) is 0 Å². The van der Waals surface area contributed by atoms with Crippen molar-refractivity contribution < 1.29 is 35.8 Å². The fraction of sp³-hybridized carbons (Fsp3) is 0.143. The van der Waals surface area contributed by atoms with Crippen LogP contribution in [0.3, 0.4) is 0 Å². The lowest BCUT2D eigenvalue weighted by molar-refractivity contribution is -0.275. The predicted octanol–water partition coefficient (Wildman–Crippen LogP) is 4.32. The van der Waals surface area contributed by atoms with Gasteiger partial charge >= 0.3 is 12.7 Å². The molecule has 2 aromatic rings. The normalized spacial score (nSPS) is 12.1. The lowest BCUT2D eigenvalue weighted by atomic mass is 10.0. The average Bonchev–Trinajstić information content (AvgIpc) is 2.41. The molecule has 0 bridgehead atoms. The molecule has 0 aliphatic rings. The summed E-state index contributed by atoms with van der Waals surface area (Å²) < 4.78 is 81.5. The van der Waals surface area contributed by atoms with E-state index in [1.807, 2.05) is 0 Å². The molecule has 0 aliphatic heterocycles. The number of benzene rings is 2. The lowest BCUT2D eigenvalue weighted by Gasteiger charge is -2.14. The fourth-order valence-corrected chi connectivity index (χ4v) is 1.85. The van der Waals surface area contributed by atoms with Gasteiger partial charge in [0, 0.05) is 0 Å². The van der Waals surface area contributed by atoms with Gasteiger partial charge in [-0.2, -0.15) is 0 Å². The van der Waals surface area contributed by atoms with E-state index in [9.17, 15) is 26.3 Å². The molecule has 2 aromatic carbocycles. The summed E-state index contributed by atoms with van der Waals surface area (Å²) in [4.78, 5) is 0. The molecule has 0 amide bonds. The van der Waals surface area contributed by atoms with E-state index in [-0.39, 0.29) is 22.5 Å². The largest absolute Gasteiger partial charge is 0.573 e. The zero-order valence-electron chi connectivity index (χ0n) is 11.7. The highest BCUT2D eigenvalue weighted by atomic mass is 19.4. The Morgan fingerprint density at radius 3 is 1.25 bits per heavy atom. The molecule has 0 atom stereocenters. The first-order chi connectivity index (χ1) is 10.9. The van der Waals surface area contributed by atoms with Crippen LogP contribution < -0.4 is 20.9 Å². The summed E-state index contributed by atoms with van der Waals surface area (Å²) in [7, 11) is 0. The molecule has 2 rings (SSSR count). The first kappa shape index (κ1) is 17.6. The highest BCUT2D eigenvalue weighted by Gasteiger charge is 2.33. The summed E-state index contributed by atoms with van der Waals surface area (Å²) in [5, 5.41) is 0. The van der Waals surface area contributed by atoms with Crippen molar-refractivity contribution in [3.8, 4) is 22.6 Å². The minimum absolute atomic E-state index is 0.135. The van der Waals surface area contributed by atoms with Crippen molar-refractivity contribution in [2.75, 3.05) is 11.5 Å². The van der Waals surface area contributed by atoms with Crippen molar-refractivity contribution in [3.05, 3.63) is 36.4 Å². The maximum absolute atomic E-state index is 12.3. The van der Waals surface area contributed by atoms with Crippen molar-refractivity contribution in [1.29, 1.82) is 0 Å². The molecule has 24 heavy (non-hydrogen) atoms. The Morgan fingerprint density at radius 2 is 0.958 bits per heavy atom. The minimum Gasteiger partial charge on any atom is -0.404 e. The molecule has 0 saturated carbocycles. The van der Waals surface area contributed by atoms with Crippen LogP contribution in [0, 0.1) is 0 Å². The van der Waals surface area contributed by atoms with Crippen molar-refractivity contribution in [2.45, 2.75) is 12.7 Å². The van der Waals surface area contributed by atoms with E-state index in [0.717, 1.165) is 24.3 Å². The van der Waals surface area contributed by atoms with E-state index in [0.29, 0.717) is 0 Å². The third-order valence-electron chi connectivity index (χ3n) is 2.81. The highest BCUT2D eigenvalue weighted by Crippen LogP contribution is 2.36. The van der Waals surface area contributed by atoms with Gasteiger partial charge in [-0.05, 0) is 35.4 Å². The summed E-state index contributed by atoms with van der Waals surface area (Å²) in [6.45, 7) is 0. The Morgan fingerprint density at radius 1 is 0.625 bits per heavy atom. The minimum atomic E-state index is -4.96. The van der Waals surface area contributed by atoms with Gasteiger partial charge in [0.1, 0.15) is 0 Å². The summed E-state index contributed by atoms with van der Waals surface area (Å²) in [6, 6.07) is 6.81. The molecule has 0 radical (unpaired) electrons. The third kappa shape index (κ3) is 4.61. The molecule has 4 nitrogen and oxygen atoms in total. The quantitative estimate of drug-likeness (QED) is 0.638. The SMILES string of the molecule is Nc1ccc(-c2ccc(N)c(OC(F)(F)F)c2)cc1OC(F)(F)F. The smallest absolute Gasteiger partial charge is 0.404 e. The summed E-state index contributed by atoms with van der Waals surface area (Å²) in [5.74, 6) is -1.34. The van der Waals surface area contributed by atoms with Gasteiger partial charge in [0.25, 0.3) is 0 Å². The van der Waals surface area contributed by atoms with Gasteiger partial charge in [-0.25, -0.2) is 0 Å². The van der Waals surface area contributed by atoms with Crippen molar-refractivity contribution in [2.24, 2.45) is 0 Å². The van der Waals surface area contributed by atoms with Crippen LogP contribution in [-0.4, -0.2) is 12.7 Å². The molecule has 10 heteroatoms. The van der Waals surface area contributed by atoms with Crippen LogP contribution in [0.15, 0.2) is 36.4 Å². The molecule has 0 unspecified atom stereocenters. The number of alkyl halides is 6. The van der Waals surface area contributed by atoms with E-state index in [2.05, 4.69) is 9.47 Å². The average molecular weight is 352 g/mol. The number of nitrogen functional groups attached to an aromatic ring is 2.